The molecule has 1 aliphatic heterocycles. The molecule has 0 bridgehead atoms. The predicted molar refractivity (Wildman–Crippen MR) is 106 cm³/mol. The van der Waals surface area contributed by atoms with Crippen LogP contribution >= 0.6 is 0 Å². The van der Waals surface area contributed by atoms with Crippen LogP contribution in [0.5, 0.6) is 0 Å². The summed E-state index contributed by atoms with van der Waals surface area (Å²) < 4.78 is 23.5. The minimum absolute atomic E-state index is 0.114. The van der Waals surface area contributed by atoms with Gasteiger partial charge in [-0.1, -0.05) is 18.2 Å². The summed E-state index contributed by atoms with van der Waals surface area (Å²) in [7, 11) is -3.76. The van der Waals surface area contributed by atoms with E-state index in [0.29, 0.717) is 26.2 Å². The number of rotatable bonds is 4. The lowest BCUT2D eigenvalue weighted by atomic mass is 10.1. The second-order valence-corrected chi connectivity index (χ2v) is 8.76. The van der Waals surface area contributed by atoms with E-state index in [0.717, 1.165) is 29.6 Å². The van der Waals surface area contributed by atoms with Gasteiger partial charge in [0.15, 0.2) is 9.84 Å². The Labute approximate surface area is 163 Å². The van der Waals surface area contributed by atoms with Gasteiger partial charge in [-0.2, -0.15) is 0 Å². The van der Waals surface area contributed by atoms with Gasteiger partial charge >= 0.3 is 0 Å². The summed E-state index contributed by atoms with van der Waals surface area (Å²) in [4.78, 5) is 26.7. The molecule has 2 aromatic rings. The number of anilines is 1. The number of sulfone groups is 1. The molecule has 1 amide bonds. The molecule has 0 aromatic heterocycles. The fourth-order valence-corrected chi connectivity index (χ4v) is 4.19. The minimum atomic E-state index is -3.76. The van der Waals surface area contributed by atoms with E-state index < -0.39 is 25.3 Å². The van der Waals surface area contributed by atoms with Crippen molar-refractivity contribution in [3.8, 4) is 0 Å². The number of amides is 1. The lowest BCUT2D eigenvalue weighted by Gasteiger charge is -2.36. The molecule has 0 radical (unpaired) electrons. The van der Waals surface area contributed by atoms with Gasteiger partial charge in [-0.25, -0.2) is 8.42 Å². The molecular formula is C19H21N3O5S. The van der Waals surface area contributed by atoms with Gasteiger partial charge in [0, 0.05) is 49.8 Å². The molecule has 3 rings (SSSR count). The molecule has 8 nitrogen and oxygen atoms in total. The number of para-hydroxylation sites is 1. The van der Waals surface area contributed by atoms with Gasteiger partial charge in [0.05, 0.1) is 4.92 Å². The maximum Gasteiger partial charge on any atom is 0.288 e. The molecule has 0 atom stereocenters. The SMILES string of the molecule is Cc1ccccc1N1CCN(C(=O)c2ccc(S(C)(=O)=O)c([N+](=O)[O-])c2)CC1. The fraction of sp³-hybridized carbons (Fsp3) is 0.316. The standard InChI is InChI=1S/C19H21N3O5S/c1-14-5-3-4-6-16(14)20-9-11-21(12-10-20)19(23)15-7-8-18(28(2,26)27)17(13-15)22(24)25/h3-8,13H,9-12H2,1-2H3. The highest BCUT2D eigenvalue weighted by Crippen LogP contribution is 2.26. The summed E-state index contributed by atoms with van der Waals surface area (Å²) in [5.74, 6) is -0.340. The first-order valence-corrected chi connectivity index (χ1v) is 10.7. The van der Waals surface area contributed by atoms with Crippen molar-refractivity contribution in [2.75, 3.05) is 37.3 Å². The smallest absolute Gasteiger partial charge is 0.288 e. The van der Waals surface area contributed by atoms with Crippen molar-refractivity contribution in [3.63, 3.8) is 0 Å². The average molecular weight is 403 g/mol. The van der Waals surface area contributed by atoms with Gasteiger partial charge in [0.1, 0.15) is 4.90 Å². The van der Waals surface area contributed by atoms with Crippen LogP contribution in [0.4, 0.5) is 11.4 Å². The highest BCUT2D eigenvalue weighted by Gasteiger charge is 2.27. The second kappa shape index (κ2) is 7.59. The van der Waals surface area contributed by atoms with Gasteiger partial charge in [-0.3, -0.25) is 14.9 Å². The number of carbonyl (C=O) groups excluding carboxylic acids is 1. The molecule has 0 aliphatic carbocycles. The van der Waals surface area contributed by atoms with Crippen molar-refractivity contribution in [1.82, 2.24) is 4.90 Å². The zero-order chi connectivity index (χ0) is 20.5. The van der Waals surface area contributed by atoms with Gasteiger partial charge in [0.25, 0.3) is 11.6 Å². The van der Waals surface area contributed by atoms with Crippen molar-refractivity contribution in [2.45, 2.75) is 11.8 Å². The largest absolute Gasteiger partial charge is 0.368 e. The summed E-state index contributed by atoms with van der Waals surface area (Å²) in [6.07, 6.45) is 0.904. The normalized spacial score (nSPS) is 14.8. The summed E-state index contributed by atoms with van der Waals surface area (Å²) in [5, 5.41) is 11.3. The lowest BCUT2D eigenvalue weighted by molar-refractivity contribution is -0.387. The molecule has 0 spiro atoms. The Balaban J connectivity index is 1.78. The molecule has 1 fully saturated rings. The molecular weight excluding hydrogens is 382 g/mol. The van der Waals surface area contributed by atoms with Crippen LogP contribution in [0.25, 0.3) is 0 Å². The Morgan fingerprint density at radius 1 is 1.07 bits per heavy atom. The van der Waals surface area contributed by atoms with Gasteiger partial charge in [-0.15, -0.1) is 0 Å². The third kappa shape index (κ3) is 3.99. The van der Waals surface area contributed by atoms with E-state index in [1.165, 1.54) is 6.07 Å². The van der Waals surface area contributed by atoms with Gasteiger partial charge < -0.3 is 9.80 Å². The summed E-state index contributed by atoms with van der Waals surface area (Å²) in [5.41, 5.74) is 1.83. The van der Waals surface area contributed by atoms with E-state index >= 15 is 0 Å². The Kier molecular flexibility index (Phi) is 5.37. The molecule has 1 heterocycles. The molecule has 9 heteroatoms. The molecule has 0 N–H and O–H groups in total. The quantitative estimate of drug-likeness (QED) is 0.573. The number of benzene rings is 2. The number of piperazine rings is 1. The van der Waals surface area contributed by atoms with Crippen LogP contribution in [-0.4, -0.2) is 56.6 Å². The highest BCUT2D eigenvalue weighted by molar-refractivity contribution is 7.90. The van der Waals surface area contributed by atoms with Crippen LogP contribution in [0.3, 0.4) is 0 Å². The van der Waals surface area contributed by atoms with Crippen LogP contribution in [0, 0.1) is 17.0 Å². The summed E-state index contributed by atoms with van der Waals surface area (Å²) in [6.45, 7) is 4.30. The first-order valence-electron chi connectivity index (χ1n) is 8.77. The molecule has 148 valence electrons. The number of nitro benzene ring substituents is 1. The van der Waals surface area contributed by atoms with Gasteiger partial charge in [0.2, 0.25) is 0 Å². The maximum absolute atomic E-state index is 12.8. The van der Waals surface area contributed by atoms with E-state index in [-0.39, 0.29) is 11.5 Å². The molecule has 1 saturated heterocycles. The minimum Gasteiger partial charge on any atom is -0.368 e. The van der Waals surface area contributed by atoms with Crippen LogP contribution in [0.1, 0.15) is 15.9 Å². The van der Waals surface area contributed by atoms with E-state index in [4.69, 9.17) is 0 Å². The average Bonchev–Trinajstić information content (AvgIpc) is 2.67. The highest BCUT2D eigenvalue weighted by atomic mass is 32.2. The molecule has 1 aliphatic rings. The molecule has 28 heavy (non-hydrogen) atoms. The third-order valence-corrected chi connectivity index (χ3v) is 5.97. The van der Waals surface area contributed by atoms with Crippen LogP contribution in [0.2, 0.25) is 0 Å². The van der Waals surface area contributed by atoms with Crippen molar-refractivity contribution < 1.29 is 18.1 Å². The predicted octanol–water partition coefficient (Wildman–Crippen LogP) is 2.27. The summed E-state index contributed by atoms with van der Waals surface area (Å²) >= 11 is 0. The number of nitrogens with zero attached hydrogens (tertiary/aromatic N) is 3. The Hall–Kier alpha value is -2.94. The van der Waals surface area contributed by atoms with Crippen molar-refractivity contribution >= 4 is 27.1 Å². The Morgan fingerprint density at radius 3 is 2.29 bits per heavy atom. The zero-order valence-electron chi connectivity index (χ0n) is 15.7. The van der Waals surface area contributed by atoms with Gasteiger partial charge in [-0.05, 0) is 30.7 Å². The molecule has 0 unspecified atom stereocenters. The first-order chi connectivity index (χ1) is 13.2. The van der Waals surface area contributed by atoms with E-state index in [1.807, 2.05) is 31.2 Å². The van der Waals surface area contributed by atoms with Crippen molar-refractivity contribution in [2.24, 2.45) is 0 Å². The Bertz CT molecular complexity index is 1030. The summed E-state index contributed by atoms with van der Waals surface area (Å²) in [6, 6.07) is 11.5. The monoisotopic (exact) mass is 403 g/mol. The number of carbonyl (C=O) groups is 1. The first kappa shape index (κ1) is 19.8. The van der Waals surface area contributed by atoms with Crippen molar-refractivity contribution in [1.29, 1.82) is 0 Å². The van der Waals surface area contributed by atoms with Crippen LogP contribution in [-0.2, 0) is 9.84 Å². The number of aryl methyl sites for hydroxylation is 1. The van der Waals surface area contributed by atoms with E-state index in [9.17, 15) is 23.3 Å². The van der Waals surface area contributed by atoms with Crippen LogP contribution in [0.15, 0.2) is 47.4 Å². The zero-order valence-corrected chi connectivity index (χ0v) is 16.5. The van der Waals surface area contributed by atoms with E-state index in [2.05, 4.69) is 4.90 Å². The topological polar surface area (TPSA) is 101 Å². The third-order valence-electron chi connectivity index (χ3n) is 4.83. The van der Waals surface area contributed by atoms with Crippen LogP contribution < -0.4 is 4.90 Å². The maximum atomic E-state index is 12.8. The second-order valence-electron chi connectivity index (χ2n) is 6.78. The number of nitro groups is 1. The fourth-order valence-electron chi connectivity index (χ4n) is 3.36. The number of hydrogen-bond donors (Lipinski definition) is 0. The van der Waals surface area contributed by atoms with Crippen molar-refractivity contribution in [3.05, 3.63) is 63.7 Å². The van der Waals surface area contributed by atoms with E-state index in [1.54, 1.807) is 4.90 Å². The Morgan fingerprint density at radius 2 is 1.71 bits per heavy atom. The number of hydrogen-bond acceptors (Lipinski definition) is 6. The lowest BCUT2D eigenvalue weighted by Crippen LogP contribution is -2.49. The molecule has 2 aromatic carbocycles. The molecule has 0 saturated carbocycles.